The highest BCUT2D eigenvalue weighted by Gasteiger charge is 2.27. The molecular weight excluding hydrogens is 370 g/mol. The van der Waals surface area contributed by atoms with Crippen LogP contribution in [-0.4, -0.2) is 26.0 Å². The second-order valence-corrected chi connectivity index (χ2v) is 7.48. The van der Waals surface area contributed by atoms with Crippen LogP contribution in [0.15, 0.2) is 57.9 Å². The van der Waals surface area contributed by atoms with Gasteiger partial charge in [-0.2, -0.15) is 0 Å². The number of nitrogens with zero attached hydrogens (tertiary/aromatic N) is 1. The van der Waals surface area contributed by atoms with Crippen LogP contribution in [0.2, 0.25) is 0 Å². The predicted molar refractivity (Wildman–Crippen MR) is 87.5 cm³/mol. The second-order valence-electron chi connectivity index (χ2n) is 4.70. The Morgan fingerprint density at radius 1 is 1.18 bits per heavy atom. The smallest absolute Gasteiger partial charge is 0.324 e. The number of hydrogen-bond donors (Lipinski definition) is 1. The average Bonchev–Trinajstić information content (AvgIpc) is 2.45. The van der Waals surface area contributed by atoms with Crippen LogP contribution in [0.1, 0.15) is 5.56 Å². The van der Waals surface area contributed by atoms with Crippen LogP contribution in [0.5, 0.6) is 0 Å². The molecule has 0 amide bonds. The minimum absolute atomic E-state index is 0.0402. The molecule has 0 unspecified atom stereocenters. The number of sulfonamides is 1. The molecule has 2 aromatic carbocycles. The SMILES string of the molecule is Cc1cccc(N(CC(=O)O)S(=O)(=O)c2ccc(Br)cc2)c1. The van der Waals surface area contributed by atoms with Crippen molar-refractivity contribution in [2.45, 2.75) is 11.8 Å². The van der Waals surface area contributed by atoms with Crippen LogP contribution in [0, 0.1) is 6.92 Å². The van der Waals surface area contributed by atoms with Crippen LogP contribution < -0.4 is 4.31 Å². The van der Waals surface area contributed by atoms with Crippen molar-refractivity contribution in [3.8, 4) is 0 Å². The number of carboxylic acids is 1. The number of aliphatic carboxylic acids is 1. The largest absolute Gasteiger partial charge is 0.480 e. The summed E-state index contributed by atoms with van der Waals surface area (Å²) in [6.45, 7) is 1.18. The van der Waals surface area contributed by atoms with Crippen molar-refractivity contribution in [1.82, 2.24) is 0 Å². The number of anilines is 1. The fraction of sp³-hybridized carbons (Fsp3) is 0.133. The maximum absolute atomic E-state index is 12.7. The number of halogens is 1. The maximum Gasteiger partial charge on any atom is 0.324 e. The van der Waals surface area contributed by atoms with Gasteiger partial charge in [0.05, 0.1) is 10.6 Å². The van der Waals surface area contributed by atoms with Crippen LogP contribution in [0.3, 0.4) is 0 Å². The van der Waals surface area contributed by atoms with Gasteiger partial charge in [0.25, 0.3) is 10.0 Å². The van der Waals surface area contributed by atoms with Crippen molar-refractivity contribution in [1.29, 1.82) is 0 Å². The molecule has 0 spiro atoms. The van der Waals surface area contributed by atoms with E-state index in [0.717, 1.165) is 14.3 Å². The van der Waals surface area contributed by atoms with E-state index in [2.05, 4.69) is 15.9 Å². The Balaban J connectivity index is 2.53. The van der Waals surface area contributed by atoms with Crippen LogP contribution in [-0.2, 0) is 14.8 Å². The molecule has 5 nitrogen and oxygen atoms in total. The first kappa shape index (κ1) is 16.5. The molecule has 0 atom stereocenters. The van der Waals surface area contributed by atoms with Gasteiger partial charge in [-0.15, -0.1) is 0 Å². The third-order valence-electron chi connectivity index (χ3n) is 2.97. The van der Waals surface area contributed by atoms with Gasteiger partial charge in [-0.1, -0.05) is 28.1 Å². The van der Waals surface area contributed by atoms with Crippen LogP contribution in [0.4, 0.5) is 5.69 Å². The zero-order chi connectivity index (χ0) is 16.3. The molecule has 0 fully saturated rings. The van der Waals surface area contributed by atoms with Gasteiger partial charge in [-0.25, -0.2) is 8.42 Å². The summed E-state index contributed by atoms with van der Waals surface area (Å²) < 4.78 is 27.1. The lowest BCUT2D eigenvalue weighted by Gasteiger charge is -2.23. The Labute approximate surface area is 137 Å². The second kappa shape index (κ2) is 6.50. The normalized spacial score (nSPS) is 11.2. The molecular formula is C15H14BrNO4S. The highest BCUT2D eigenvalue weighted by molar-refractivity contribution is 9.10. The first-order valence-electron chi connectivity index (χ1n) is 6.37. The van der Waals surface area contributed by atoms with E-state index in [1.165, 1.54) is 12.1 Å². The van der Waals surface area contributed by atoms with Crippen molar-refractivity contribution in [2.75, 3.05) is 10.8 Å². The van der Waals surface area contributed by atoms with Crippen molar-refractivity contribution < 1.29 is 18.3 Å². The highest BCUT2D eigenvalue weighted by Crippen LogP contribution is 2.25. The molecule has 116 valence electrons. The average molecular weight is 384 g/mol. The minimum atomic E-state index is -3.95. The Morgan fingerprint density at radius 3 is 2.36 bits per heavy atom. The van der Waals surface area contributed by atoms with Gasteiger partial charge < -0.3 is 5.11 Å². The summed E-state index contributed by atoms with van der Waals surface area (Å²) >= 11 is 3.24. The summed E-state index contributed by atoms with van der Waals surface area (Å²) in [6, 6.07) is 12.8. The number of rotatable bonds is 5. The van der Waals surface area contributed by atoms with Gasteiger partial charge >= 0.3 is 5.97 Å². The molecule has 22 heavy (non-hydrogen) atoms. The van der Waals surface area contributed by atoms with Crippen LogP contribution in [0.25, 0.3) is 0 Å². The highest BCUT2D eigenvalue weighted by atomic mass is 79.9. The van der Waals surface area contributed by atoms with Gasteiger partial charge in [0, 0.05) is 4.47 Å². The van der Waals surface area contributed by atoms with E-state index in [1.54, 1.807) is 30.3 Å². The monoisotopic (exact) mass is 383 g/mol. The number of carbonyl (C=O) groups is 1. The summed E-state index contributed by atoms with van der Waals surface area (Å²) in [5.74, 6) is -1.22. The molecule has 0 aromatic heterocycles. The molecule has 0 radical (unpaired) electrons. The Bertz CT molecular complexity index is 787. The molecule has 0 aliphatic carbocycles. The summed E-state index contributed by atoms with van der Waals surface area (Å²) in [4.78, 5) is 11.1. The first-order valence-corrected chi connectivity index (χ1v) is 8.61. The molecule has 0 saturated carbocycles. The predicted octanol–water partition coefficient (Wildman–Crippen LogP) is 3.04. The summed E-state index contributed by atoms with van der Waals surface area (Å²) in [5, 5.41) is 9.06. The Morgan fingerprint density at radius 2 is 1.82 bits per heavy atom. The quantitative estimate of drug-likeness (QED) is 0.860. The summed E-state index contributed by atoms with van der Waals surface area (Å²) in [5.41, 5.74) is 1.17. The van der Waals surface area contributed by atoms with E-state index in [9.17, 15) is 13.2 Å². The molecule has 1 N–H and O–H groups in total. The maximum atomic E-state index is 12.7. The van der Waals surface area contributed by atoms with E-state index >= 15 is 0 Å². The molecule has 0 bridgehead atoms. The lowest BCUT2D eigenvalue weighted by atomic mass is 10.2. The van der Waals surface area contributed by atoms with Gasteiger partial charge in [-0.05, 0) is 48.9 Å². The molecule has 0 aliphatic rings. The van der Waals surface area contributed by atoms with Gasteiger partial charge in [0.1, 0.15) is 6.54 Å². The fourth-order valence-electron chi connectivity index (χ4n) is 1.95. The summed E-state index contributed by atoms with van der Waals surface area (Å²) in [7, 11) is -3.95. The molecule has 2 rings (SSSR count). The topological polar surface area (TPSA) is 74.7 Å². The molecule has 0 heterocycles. The van der Waals surface area contributed by atoms with E-state index in [0.29, 0.717) is 5.69 Å². The third-order valence-corrected chi connectivity index (χ3v) is 5.29. The van der Waals surface area contributed by atoms with E-state index in [-0.39, 0.29) is 4.90 Å². The van der Waals surface area contributed by atoms with Crippen molar-refractivity contribution in [3.63, 3.8) is 0 Å². The van der Waals surface area contributed by atoms with E-state index in [1.807, 2.05) is 13.0 Å². The van der Waals surface area contributed by atoms with Gasteiger partial charge in [0.15, 0.2) is 0 Å². The Kier molecular flexibility index (Phi) is 4.87. The molecule has 0 aliphatic heterocycles. The zero-order valence-corrected chi connectivity index (χ0v) is 14.1. The van der Waals surface area contributed by atoms with Gasteiger partial charge in [-0.3, -0.25) is 9.10 Å². The molecule has 7 heteroatoms. The van der Waals surface area contributed by atoms with Crippen molar-refractivity contribution in [3.05, 3.63) is 58.6 Å². The standard InChI is InChI=1S/C15H14BrNO4S/c1-11-3-2-4-13(9-11)17(10-15(18)19)22(20,21)14-7-5-12(16)6-8-14/h2-9H,10H2,1H3,(H,18,19). The Hall–Kier alpha value is -1.86. The van der Waals surface area contributed by atoms with Gasteiger partial charge in [0.2, 0.25) is 0 Å². The number of carboxylic acid groups (broad SMARTS) is 1. The summed E-state index contributed by atoms with van der Waals surface area (Å²) in [6.07, 6.45) is 0. The van der Waals surface area contributed by atoms with E-state index in [4.69, 9.17) is 5.11 Å². The van der Waals surface area contributed by atoms with E-state index < -0.39 is 22.5 Å². The lowest BCUT2D eigenvalue weighted by Crippen LogP contribution is -2.35. The lowest BCUT2D eigenvalue weighted by molar-refractivity contribution is -0.135. The van der Waals surface area contributed by atoms with Crippen molar-refractivity contribution in [2.24, 2.45) is 0 Å². The fourth-order valence-corrected chi connectivity index (χ4v) is 3.63. The minimum Gasteiger partial charge on any atom is -0.480 e. The van der Waals surface area contributed by atoms with Crippen molar-refractivity contribution >= 4 is 37.6 Å². The number of aryl methyl sites for hydroxylation is 1. The zero-order valence-electron chi connectivity index (χ0n) is 11.7. The first-order chi connectivity index (χ1) is 10.3. The molecule has 2 aromatic rings. The van der Waals surface area contributed by atoms with Crippen LogP contribution >= 0.6 is 15.9 Å². The number of benzene rings is 2. The number of hydrogen-bond acceptors (Lipinski definition) is 3. The molecule has 0 saturated heterocycles. The third kappa shape index (κ3) is 3.66.